The predicted octanol–water partition coefficient (Wildman–Crippen LogP) is 4.47. The second kappa shape index (κ2) is 7.79. The molecule has 0 heterocycles. The molecule has 0 aliphatic carbocycles. The largest absolute Gasteiger partial charge is 0.506 e. The topological polar surface area (TPSA) is 63.6 Å². The summed E-state index contributed by atoms with van der Waals surface area (Å²) in [5.41, 5.74) is 0. The number of aromatic hydroxyl groups is 1. The summed E-state index contributed by atoms with van der Waals surface area (Å²) in [6.07, 6.45) is 3.96. The van der Waals surface area contributed by atoms with Gasteiger partial charge in [0.25, 0.3) is 0 Å². The first kappa shape index (κ1) is 17.8. The van der Waals surface area contributed by atoms with Crippen molar-refractivity contribution < 1.29 is 17.7 Å². The van der Waals surface area contributed by atoms with Gasteiger partial charge in [0.2, 0.25) is 0 Å². The molecular formula is C18H24O4S. The Hall–Kier alpha value is -1.59. The molecule has 0 amide bonds. The third-order valence-corrected chi connectivity index (χ3v) is 5.41. The summed E-state index contributed by atoms with van der Waals surface area (Å²) in [6.45, 7) is 4.30. The molecule has 126 valence electrons. The van der Waals surface area contributed by atoms with E-state index in [1.807, 2.05) is 31.2 Å². The fraction of sp³-hybridized carbons (Fsp3) is 0.444. The van der Waals surface area contributed by atoms with Gasteiger partial charge in [-0.2, -0.15) is 8.42 Å². The summed E-state index contributed by atoms with van der Waals surface area (Å²) in [5.74, 6) is -0.0577. The molecule has 0 saturated carbocycles. The first-order valence-corrected chi connectivity index (χ1v) is 9.50. The molecule has 0 radical (unpaired) electrons. The zero-order valence-electron chi connectivity index (χ0n) is 13.7. The van der Waals surface area contributed by atoms with Crippen LogP contribution >= 0.6 is 0 Å². The van der Waals surface area contributed by atoms with Crippen molar-refractivity contribution in [3.8, 4) is 5.75 Å². The number of fused-ring (bicyclic) bond motifs is 1. The highest BCUT2D eigenvalue weighted by Gasteiger charge is 2.22. The Balaban J connectivity index is 2.20. The highest BCUT2D eigenvalue weighted by atomic mass is 32.2. The van der Waals surface area contributed by atoms with Gasteiger partial charge in [-0.05, 0) is 35.2 Å². The second-order valence-electron chi connectivity index (χ2n) is 5.82. The van der Waals surface area contributed by atoms with Crippen LogP contribution < -0.4 is 0 Å². The van der Waals surface area contributed by atoms with E-state index >= 15 is 0 Å². The van der Waals surface area contributed by atoms with Crippen LogP contribution in [0.4, 0.5) is 0 Å². The maximum atomic E-state index is 12.4. The summed E-state index contributed by atoms with van der Waals surface area (Å²) in [4.78, 5) is -0.165. The van der Waals surface area contributed by atoms with E-state index in [2.05, 4.69) is 6.92 Å². The molecule has 5 heteroatoms. The molecule has 0 aliphatic heterocycles. The minimum atomic E-state index is -3.96. The minimum Gasteiger partial charge on any atom is -0.506 e. The zero-order valence-corrected chi connectivity index (χ0v) is 14.5. The monoisotopic (exact) mass is 336 g/mol. The molecular weight excluding hydrogens is 312 g/mol. The number of phenolic OH excluding ortho intramolecular Hbond substituents is 1. The van der Waals surface area contributed by atoms with E-state index in [9.17, 15) is 13.5 Å². The van der Waals surface area contributed by atoms with Gasteiger partial charge in [-0.15, -0.1) is 0 Å². The van der Waals surface area contributed by atoms with E-state index in [1.54, 1.807) is 0 Å². The van der Waals surface area contributed by atoms with Crippen molar-refractivity contribution in [2.24, 2.45) is 5.92 Å². The number of hydrogen-bond acceptors (Lipinski definition) is 4. The number of hydrogen-bond donors (Lipinski definition) is 1. The predicted molar refractivity (Wildman–Crippen MR) is 92.1 cm³/mol. The Morgan fingerprint density at radius 3 is 2.39 bits per heavy atom. The third-order valence-electron chi connectivity index (χ3n) is 4.10. The van der Waals surface area contributed by atoms with Gasteiger partial charge in [0, 0.05) is 0 Å². The average molecular weight is 336 g/mol. The minimum absolute atomic E-state index is 0.158. The summed E-state index contributed by atoms with van der Waals surface area (Å²) >= 11 is 0. The number of phenols is 1. The molecule has 1 unspecified atom stereocenters. The molecule has 2 aromatic carbocycles. The summed E-state index contributed by atoms with van der Waals surface area (Å²) in [7, 11) is -3.96. The van der Waals surface area contributed by atoms with Crippen LogP contribution in [0.25, 0.3) is 10.8 Å². The van der Waals surface area contributed by atoms with Gasteiger partial charge >= 0.3 is 10.1 Å². The Labute approximate surface area is 138 Å². The molecule has 2 rings (SSSR count). The summed E-state index contributed by atoms with van der Waals surface area (Å²) in [6, 6.07) is 10.2. The highest BCUT2D eigenvalue weighted by molar-refractivity contribution is 7.86. The van der Waals surface area contributed by atoms with Crippen molar-refractivity contribution in [3.05, 3.63) is 36.4 Å². The van der Waals surface area contributed by atoms with E-state index in [0.29, 0.717) is 0 Å². The van der Waals surface area contributed by atoms with Crippen molar-refractivity contribution >= 4 is 20.9 Å². The average Bonchev–Trinajstić information content (AvgIpc) is 2.54. The molecule has 1 atom stereocenters. The Morgan fingerprint density at radius 1 is 1.13 bits per heavy atom. The standard InChI is InChI=1S/C18H24O4S/c1-3-5-8-14(4-2)13-22-23(20,21)18-12-16-10-7-6-9-15(16)11-17(18)19/h6-7,9-12,14,19H,3-5,8,13H2,1-2H3. The summed E-state index contributed by atoms with van der Waals surface area (Å²) < 4.78 is 30.0. The Bertz CT molecular complexity index is 753. The van der Waals surface area contributed by atoms with Crippen LogP contribution in [0, 0.1) is 5.92 Å². The lowest BCUT2D eigenvalue weighted by Gasteiger charge is -2.15. The molecule has 23 heavy (non-hydrogen) atoms. The Morgan fingerprint density at radius 2 is 1.78 bits per heavy atom. The second-order valence-corrected chi connectivity index (χ2v) is 7.41. The maximum absolute atomic E-state index is 12.4. The first-order valence-electron chi connectivity index (χ1n) is 8.09. The van der Waals surface area contributed by atoms with Crippen molar-refractivity contribution in [2.45, 2.75) is 44.4 Å². The molecule has 0 bridgehead atoms. The fourth-order valence-electron chi connectivity index (χ4n) is 2.56. The highest BCUT2D eigenvalue weighted by Crippen LogP contribution is 2.30. The van der Waals surface area contributed by atoms with Crippen LogP contribution in [0.15, 0.2) is 41.3 Å². The van der Waals surface area contributed by atoms with Crippen LogP contribution in [0.2, 0.25) is 0 Å². The molecule has 0 aromatic heterocycles. The van der Waals surface area contributed by atoms with Gasteiger partial charge in [-0.3, -0.25) is 4.18 Å². The SMILES string of the molecule is CCCCC(CC)COS(=O)(=O)c1cc2ccccc2cc1O. The summed E-state index contributed by atoms with van der Waals surface area (Å²) in [5, 5.41) is 11.6. The number of unbranched alkanes of at least 4 members (excludes halogenated alkanes) is 1. The smallest absolute Gasteiger partial charge is 0.300 e. The molecule has 2 aromatic rings. The van der Waals surface area contributed by atoms with Crippen molar-refractivity contribution in [3.63, 3.8) is 0 Å². The fourth-order valence-corrected chi connectivity index (χ4v) is 3.64. The van der Waals surface area contributed by atoms with Crippen LogP contribution in [0.1, 0.15) is 39.5 Å². The van der Waals surface area contributed by atoms with E-state index in [-0.39, 0.29) is 23.2 Å². The number of benzene rings is 2. The lowest BCUT2D eigenvalue weighted by molar-refractivity contribution is 0.237. The molecule has 0 spiro atoms. The van der Waals surface area contributed by atoms with Crippen LogP contribution in [-0.2, 0) is 14.3 Å². The third kappa shape index (κ3) is 4.45. The van der Waals surface area contributed by atoms with Gasteiger partial charge in [0.05, 0.1) is 6.61 Å². The van der Waals surface area contributed by atoms with Crippen LogP contribution in [-0.4, -0.2) is 20.1 Å². The van der Waals surface area contributed by atoms with E-state index < -0.39 is 10.1 Å². The lowest BCUT2D eigenvalue weighted by Crippen LogP contribution is -2.14. The number of rotatable bonds is 8. The van der Waals surface area contributed by atoms with E-state index in [4.69, 9.17) is 4.18 Å². The van der Waals surface area contributed by atoms with Gasteiger partial charge in [0.15, 0.2) is 0 Å². The zero-order chi connectivity index (χ0) is 16.9. The normalized spacial score (nSPS) is 13.3. The van der Waals surface area contributed by atoms with Crippen LogP contribution in [0.3, 0.4) is 0 Å². The molecule has 0 fully saturated rings. The van der Waals surface area contributed by atoms with Crippen LogP contribution in [0.5, 0.6) is 5.75 Å². The molecule has 0 aliphatic rings. The molecule has 1 N–H and O–H groups in total. The van der Waals surface area contributed by atoms with Gasteiger partial charge in [-0.1, -0.05) is 57.4 Å². The van der Waals surface area contributed by atoms with Gasteiger partial charge < -0.3 is 5.11 Å². The van der Waals surface area contributed by atoms with Gasteiger partial charge in [-0.25, -0.2) is 0 Å². The Kier molecular flexibility index (Phi) is 6.02. The van der Waals surface area contributed by atoms with Crippen molar-refractivity contribution in [2.75, 3.05) is 6.61 Å². The molecule has 4 nitrogen and oxygen atoms in total. The molecule has 0 saturated heterocycles. The van der Waals surface area contributed by atoms with E-state index in [1.165, 1.54) is 12.1 Å². The van der Waals surface area contributed by atoms with E-state index in [0.717, 1.165) is 36.5 Å². The quantitative estimate of drug-likeness (QED) is 0.723. The lowest BCUT2D eigenvalue weighted by atomic mass is 10.0. The first-order chi connectivity index (χ1) is 11.0. The maximum Gasteiger partial charge on any atom is 0.300 e. The van der Waals surface area contributed by atoms with Crippen molar-refractivity contribution in [1.82, 2.24) is 0 Å². The van der Waals surface area contributed by atoms with Gasteiger partial charge in [0.1, 0.15) is 10.6 Å². The van der Waals surface area contributed by atoms with Crippen molar-refractivity contribution in [1.29, 1.82) is 0 Å².